The number of nitrogens with zero attached hydrogens (tertiary/aromatic N) is 1. The van der Waals surface area contributed by atoms with E-state index >= 15 is 0 Å². The third-order valence-electron chi connectivity index (χ3n) is 2.13. The Balaban J connectivity index is 3.07. The number of rotatable bonds is 6. The summed E-state index contributed by atoms with van der Waals surface area (Å²) in [6, 6.07) is 2.40. The van der Waals surface area contributed by atoms with Crippen LogP contribution >= 0.6 is 12.2 Å². The number of nitrogens with one attached hydrogen (secondary N) is 1. The highest BCUT2D eigenvalue weighted by Crippen LogP contribution is 2.13. The quantitative estimate of drug-likeness (QED) is 0.701. The summed E-state index contributed by atoms with van der Waals surface area (Å²) in [7, 11) is -4.89. The fourth-order valence-corrected chi connectivity index (χ4v) is 4.04. The third-order valence-corrected chi connectivity index (χ3v) is 4.92. The summed E-state index contributed by atoms with van der Waals surface area (Å²) in [5.41, 5.74) is 5.50. The van der Waals surface area contributed by atoms with Gasteiger partial charge in [-0.25, -0.2) is 13.1 Å². The highest BCUT2D eigenvalue weighted by atomic mass is 32.2. The van der Waals surface area contributed by atoms with Crippen LogP contribution in [-0.4, -0.2) is 40.6 Å². The molecule has 0 saturated carbocycles. The van der Waals surface area contributed by atoms with E-state index in [1.54, 1.807) is 6.92 Å². The summed E-state index contributed by atoms with van der Waals surface area (Å²) in [4.78, 5) is 3.70. The predicted molar refractivity (Wildman–Crippen MR) is 78.8 cm³/mol. The number of thiocarbonyl (C=S) groups is 1. The minimum absolute atomic E-state index is 0.0508. The molecule has 0 amide bonds. The molecule has 1 heterocycles. The van der Waals surface area contributed by atoms with Crippen molar-refractivity contribution < 1.29 is 12.6 Å². The van der Waals surface area contributed by atoms with Gasteiger partial charge in [-0.1, -0.05) is 12.2 Å². The largest absolute Gasteiger partial charge is 0.388 e. The molecule has 0 saturated heterocycles. The summed E-state index contributed by atoms with van der Waals surface area (Å²) < 4.78 is 37.9. The first kappa shape index (κ1) is 16.2. The molecule has 2 atom stereocenters. The molecular weight excluding hydrogens is 306 g/mol. The van der Waals surface area contributed by atoms with Gasteiger partial charge in [0.1, 0.15) is 15.6 Å². The minimum atomic E-state index is -3.80. The lowest BCUT2D eigenvalue weighted by Crippen LogP contribution is -2.37. The van der Waals surface area contributed by atoms with Crippen LogP contribution in [0.4, 0.5) is 0 Å². The van der Waals surface area contributed by atoms with Crippen LogP contribution in [0, 0.1) is 0 Å². The highest BCUT2D eigenvalue weighted by Gasteiger charge is 2.22. The van der Waals surface area contributed by atoms with Crippen molar-refractivity contribution in [1.29, 1.82) is 0 Å². The maximum absolute atomic E-state index is 12.2. The Hall–Kier alpha value is -0.900. The van der Waals surface area contributed by atoms with Crippen LogP contribution in [0.25, 0.3) is 0 Å². The molecule has 19 heavy (non-hydrogen) atoms. The molecule has 0 spiro atoms. The lowest BCUT2D eigenvalue weighted by atomic mass is 10.3. The Kier molecular flexibility index (Phi) is 5.53. The molecule has 3 N–H and O–H groups in total. The van der Waals surface area contributed by atoms with Gasteiger partial charge in [-0.05, 0) is 19.1 Å². The molecule has 0 bridgehead atoms. The molecule has 9 heteroatoms. The van der Waals surface area contributed by atoms with E-state index in [2.05, 4.69) is 9.71 Å². The standard InChI is InChI=1S/C10H15N3O3S3/c1-7(6-18(2)14)13-19(15,16)8-4-3-5-12-9(8)10(11)17/h3-5,7,13H,6H2,1-2H3,(H2,11,17). The van der Waals surface area contributed by atoms with E-state index < -0.39 is 26.9 Å². The summed E-state index contributed by atoms with van der Waals surface area (Å²) in [6.07, 6.45) is 2.92. The Morgan fingerprint density at radius 1 is 1.63 bits per heavy atom. The molecule has 1 rings (SSSR count). The molecule has 0 radical (unpaired) electrons. The maximum Gasteiger partial charge on any atom is 0.243 e. The molecule has 1 aromatic rings. The summed E-state index contributed by atoms with van der Waals surface area (Å²) in [5, 5.41) is 0. The van der Waals surface area contributed by atoms with E-state index in [1.807, 2.05) is 0 Å². The molecule has 6 nitrogen and oxygen atoms in total. The van der Waals surface area contributed by atoms with Crippen molar-refractivity contribution in [3.8, 4) is 0 Å². The third kappa shape index (κ3) is 4.60. The molecular formula is C10H15N3O3S3. The van der Waals surface area contributed by atoms with Gasteiger partial charge in [0, 0.05) is 35.0 Å². The minimum Gasteiger partial charge on any atom is -0.388 e. The van der Waals surface area contributed by atoms with Crippen molar-refractivity contribution in [3.05, 3.63) is 24.0 Å². The molecule has 106 valence electrons. The average Bonchev–Trinajstić information content (AvgIpc) is 2.26. The molecule has 0 aliphatic heterocycles. The van der Waals surface area contributed by atoms with Crippen LogP contribution in [0.3, 0.4) is 0 Å². The molecule has 0 aliphatic carbocycles. The zero-order valence-electron chi connectivity index (χ0n) is 10.5. The second-order valence-electron chi connectivity index (χ2n) is 3.98. The zero-order valence-corrected chi connectivity index (χ0v) is 12.9. The Bertz CT molecular complexity index is 601. The van der Waals surface area contributed by atoms with Crippen molar-refractivity contribution in [2.24, 2.45) is 5.73 Å². The van der Waals surface area contributed by atoms with Gasteiger partial charge < -0.3 is 5.73 Å². The van der Waals surface area contributed by atoms with E-state index in [0.717, 1.165) is 0 Å². The topological polar surface area (TPSA) is 102 Å². The normalized spacial score (nSPS) is 14.8. The van der Waals surface area contributed by atoms with Gasteiger partial charge >= 0.3 is 0 Å². The van der Waals surface area contributed by atoms with Crippen LogP contribution in [0.5, 0.6) is 0 Å². The fraction of sp³-hybridized carbons (Fsp3) is 0.400. The number of pyridine rings is 1. The average molecular weight is 321 g/mol. The van der Waals surface area contributed by atoms with Gasteiger partial charge in [-0.15, -0.1) is 0 Å². The molecule has 0 aromatic carbocycles. The SMILES string of the molecule is CC(CS(C)=O)NS(=O)(=O)c1cccnc1C(N)=S. The summed E-state index contributed by atoms with van der Waals surface area (Å²) in [5.74, 6) is 0.224. The Morgan fingerprint density at radius 2 is 2.26 bits per heavy atom. The number of hydrogen-bond acceptors (Lipinski definition) is 5. The van der Waals surface area contributed by atoms with Gasteiger partial charge in [0.2, 0.25) is 10.0 Å². The number of hydrogen-bond donors (Lipinski definition) is 2. The van der Waals surface area contributed by atoms with Gasteiger partial charge in [-0.2, -0.15) is 0 Å². The van der Waals surface area contributed by atoms with Crippen LogP contribution in [0.1, 0.15) is 12.6 Å². The van der Waals surface area contributed by atoms with E-state index in [9.17, 15) is 12.6 Å². The van der Waals surface area contributed by atoms with Gasteiger partial charge in [-0.3, -0.25) is 9.19 Å². The predicted octanol–water partition coefficient (Wildman–Crippen LogP) is -0.239. The van der Waals surface area contributed by atoms with Gasteiger partial charge in [0.25, 0.3) is 0 Å². The zero-order chi connectivity index (χ0) is 14.6. The van der Waals surface area contributed by atoms with Gasteiger partial charge in [0.05, 0.1) is 0 Å². The smallest absolute Gasteiger partial charge is 0.243 e. The lowest BCUT2D eigenvalue weighted by Gasteiger charge is -2.14. The van der Waals surface area contributed by atoms with Crippen LogP contribution < -0.4 is 10.5 Å². The fourth-order valence-electron chi connectivity index (χ4n) is 1.51. The second-order valence-corrected chi connectivity index (χ2v) is 7.58. The van der Waals surface area contributed by atoms with Crippen LogP contribution in [-0.2, 0) is 20.8 Å². The molecule has 0 fully saturated rings. The number of sulfonamides is 1. The van der Waals surface area contributed by atoms with Gasteiger partial charge in [0.15, 0.2) is 0 Å². The summed E-state index contributed by atoms with van der Waals surface area (Å²) >= 11 is 4.78. The molecule has 1 aromatic heterocycles. The number of nitrogens with two attached hydrogens (primary N) is 1. The van der Waals surface area contributed by atoms with E-state index in [1.165, 1.54) is 24.6 Å². The highest BCUT2D eigenvalue weighted by molar-refractivity contribution is 7.90. The van der Waals surface area contributed by atoms with Crippen molar-refractivity contribution in [2.75, 3.05) is 12.0 Å². The monoisotopic (exact) mass is 321 g/mol. The second kappa shape index (κ2) is 6.51. The molecule has 0 aliphatic rings. The summed E-state index contributed by atoms with van der Waals surface area (Å²) in [6.45, 7) is 1.63. The first-order chi connectivity index (χ1) is 8.74. The first-order valence-corrected chi connectivity index (χ1v) is 8.93. The number of aromatic nitrogens is 1. The van der Waals surface area contributed by atoms with E-state index in [0.29, 0.717) is 0 Å². The Morgan fingerprint density at radius 3 is 2.79 bits per heavy atom. The molecule has 2 unspecified atom stereocenters. The van der Waals surface area contributed by atoms with Crippen molar-refractivity contribution in [3.63, 3.8) is 0 Å². The van der Waals surface area contributed by atoms with Crippen LogP contribution in [0.2, 0.25) is 0 Å². The van der Waals surface area contributed by atoms with E-state index in [-0.39, 0.29) is 21.3 Å². The van der Waals surface area contributed by atoms with E-state index in [4.69, 9.17) is 18.0 Å². The van der Waals surface area contributed by atoms with Crippen LogP contribution in [0.15, 0.2) is 23.2 Å². The Labute approximate surface area is 120 Å². The maximum atomic E-state index is 12.2. The lowest BCUT2D eigenvalue weighted by molar-refractivity contribution is 0.569. The first-order valence-electron chi connectivity index (χ1n) is 5.31. The van der Waals surface area contributed by atoms with Crippen molar-refractivity contribution in [2.45, 2.75) is 17.9 Å². The van der Waals surface area contributed by atoms with Crippen molar-refractivity contribution >= 4 is 38.0 Å². The van der Waals surface area contributed by atoms with Crippen molar-refractivity contribution in [1.82, 2.24) is 9.71 Å².